The maximum absolute atomic E-state index is 6.77. The second-order valence-electron chi connectivity index (χ2n) is 14.4. The van der Waals surface area contributed by atoms with Gasteiger partial charge in [0.25, 0.3) is 0 Å². The van der Waals surface area contributed by atoms with E-state index < -0.39 is 0 Å². The van der Waals surface area contributed by atoms with Crippen LogP contribution in [-0.2, 0) is 20.1 Å². The van der Waals surface area contributed by atoms with Crippen LogP contribution in [0.5, 0.6) is 0 Å². The Labute approximate surface area is 360 Å². The quantitative estimate of drug-likeness (QED) is 0.162. The number of nitrogens with zero attached hydrogens (tertiary/aromatic N) is 4. The average molecular weight is 947 g/mol. The largest absolute Gasteiger partial charge is 0.500 e. The zero-order chi connectivity index (χ0) is 39.1. The van der Waals surface area contributed by atoms with Crippen molar-refractivity contribution in [2.45, 2.75) is 0 Å². The van der Waals surface area contributed by atoms with Crippen molar-refractivity contribution in [3.63, 3.8) is 0 Å². The normalized spacial score (nSPS) is 11.2. The summed E-state index contributed by atoms with van der Waals surface area (Å²) in [6, 6.07) is 75.5. The van der Waals surface area contributed by atoms with E-state index in [9.17, 15) is 0 Å². The van der Waals surface area contributed by atoms with E-state index in [-0.39, 0.29) is 20.1 Å². The van der Waals surface area contributed by atoms with Gasteiger partial charge in [-0.05, 0) is 76.4 Å². The minimum Gasteiger partial charge on any atom is -0.500 e. The van der Waals surface area contributed by atoms with E-state index in [1.54, 1.807) is 6.20 Å². The summed E-state index contributed by atoms with van der Waals surface area (Å²) in [4.78, 5) is 9.44. The van der Waals surface area contributed by atoms with Gasteiger partial charge in [-0.3, -0.25) is 4.98 Å². The van der Waals surface area contributed by atoms with Crippen LogP contribution in [0.1, 0.15) is 0 Å². The van der Waals surface area contributed by atoms with Crippen LogP contribution >= 0.6 is 0 Å². The molecular formula is C54H34IrN4O-2. The van der Waals surface area contributed by atoms with E-state index in [1.165, 1.54) is 21.9 Å². The molecule has 0 saturated carbocycles. The number of pyridine rings is 1. The molecule has 0 amide bonds. The van der Waals surface area contributed by atoms with Crippen LogP contribution < -0.4 is 0 Å². The van der Waals surface area contributed by atoms with E-state index >= 15 is 0 Å². The molecule has 0 spiro atoms. The van der Waals surface area contributed by atoms with E-state index in [0.29, 0.717) is 0 Å². The molecule has 12 aromatic rings. The van der Waals surface area contributed by atoms with Crippen molar-refractivity contribution in [1.82, 2.24) is 19.1 Å². The molecule has 6 heteroatoms. The minimum atomic E-state index is 0. The van der Waals surface area contributed by atoms with Crippen molar-refractivity contribution < 1.29 is 24.5 Å². The van der Waals surface area contributed by atoms with Gasteiger partial charge in [0.1, 0.15) is 5.58 Å². The van der Waals surface area contributed by atoms with Gasteiger partial charge >= 0.3 is 0 Å². The van der Waals surface area contributed by atoms with Gasteiger partial charge in [-0.15, -0.1) is 48.0 Å². The molecule has 0 aliphatic heterocycles. The van der Waals surface area contributed by atoms with E-state index in [4.69, 9.17) is 9.40 Å². The van der Waals surface area contributed by atoms with E-state index in [0.717, 1.165) is 78.0 Å². The molecule has 0 aliphatic rings. The summed E-state index contributed by atoms with van der Waals surface area (Å²) in [5.41, 5.74) is 13.1. The molecule has 0 N–H and O–H groups in total. The summed E-state index contributed by atoms with van der Waals surface area (Å²) in [6.45, 7) is 0. The predicted octanol–water partition coefficient (Wildman–Crippen LogP) is 13.7. The molecule has 0 aliphatic carbocycles. The Bertz CT molecular complexity index is 3330. The molecule has 287 valence electrons. The Morgan fingerprint density at radius 1 is 0.500 bits per heavy atom. The molecule has 0 atom stereocenters. The summed E-state index contributed by atoms with van der Waals surface area (Å²) >= 11 is 0. The standard InChI is InChI=1S/C43H26N3O.C11H8N.Ir/c1-2-12-28(13-3-1)29-22-24-30(25-23-29)45-38-20-10-7-17-35(38)44-43(45)34-26-27-39(41-33-16-6-11-21-40(33)47-42(34)41)46-36-18-8-4-14-31(36)32-15-5-9-19-37(32)46;1-2-6-10(7-3-1)11-8-4-5-9-12-11;/h1-25,27H;1-6,8-9H;/q2*-1;. The molecule has 0 fully saturated rings. The van der Waals surface area contributed by atoms with Crippen LogP contribution in [0.25, 0.3) is 99.9 Å². The second-order valence-corrected chi connectivity index (χ2v) is 14.4. The molecule has 0 saturated heterocycles. The molecule has 12 rings (SSSR count). The minimum absolute atomic E-state index is 0. The summed E-state index contributed by atoms with van der Waals surface area (Å²) < 4.78 is 11.3. The van der Waals surface area contributed by atoms with Crippen LogP contribution in [0.2, 0.25) is 0 Å². The first-order valence-corrected chi connectivity index (χ1v) is 19.7. The van der Waals surface area contributed by atoms with Crippen LogP contribution in [0.4, 0.5) is 0 Å². The number of benzene rings is 8. The van der Waals surface area contributed by atoms with Gasteiger partial charge in [-0.25, -0.2) is 0 Å². The second kappa shape index (κ2) is 15.8. The molecule has 8 aromatic carbocycles. The SMILES string of the molecule is [Ir].[c-]1cc(-n2c3ccccc3c3ccccc32)c2c(oc3ccccc32)c1-c1nc2ccccc2n1-c1ccc(-c2ccccc2)cc1.[c-]1ccccc1-c1ccccn1. The van der Waals surface area contributed by atoms with Crippen LogP contribution in [0, 0.1) is 12.1 Å². The summed E-state index contributed by atoms with van der Waals surface area (Å²) in [7, 11) is 0. The third-order valence-corrected chi connectivity index (χ3v) is 10.9. The number of para-hydroxylation sites is 5. The third-order valence-electron chi connectivity index (χ3n) is 10.9. The van der Waals surface area contributed by atoms with E-state index in [1.807, 2.05) is 66.7 Å². The van der Waals surface area contributed by atoms with E-state index in [2.05, 4.69) is 160 Å². The van der Waals surface area contributed by atoms with Crippen molar-refractivity contribution >= 4 is 54.8 Å². The summed E-state index contributed by atoms with van der Waals surface area (Å²) in [6.07, 6.45) is 1.79. The number of aromatic nitrogens is 4. The summed E-state index contributed by atoms with van der Waals surface area (Å²) in [5.74, 6) is 0.788. The van der Waals surface area contributed by atoms with Gasteiger partial charge < -0.3 is 18.5 Å². The van der Waals surface area contributed by atoms with Crippen molar-refractivity contribution in [3.05, 3.63) is 219 Å². The van der Waals surface area contributed by atoms with Gasteiger partial charge in [0, 0.05) is 59.2 Å². The van der Waals surface area contributed by atoms with Crippen LogP contribution in [-0.4, -0.2) is 19.1 Å². The Kier molecular flexibility index (Phi) is 9.70. The van der Waals surface area contributed by atoms with Gasteiger partial charge in [0.15, 0.2) is 0 Å². The van der Waals surface area contributed by atoms with Gasteiger partial charge in [-0.2, -0.15) is 0 Å². The number of rotatable bonds is 5. The fourth-order valence-electron chi connectivity index (χ4n) is 8.24. The smallest absolute Gasteiger partial charge is 0.121 e. The average Bonchev–Trinajstić information content (AvgIpc) is 4.00. The first-order valence-electron chi connectivity index (χ1n) is 19.7. The zero-order valence-electron chi connectivity index (χ0n) is 32.2. The van der Waals surface area contributed by atoms with Gasteiger partial charge in [0.2, 0.25) is 0 Å². The molecular weight excluding hydrogens is 913 g/mol. The topological polar surface area (TPSA) is 48.8 Å². The van der Waals surface area contributed by atoms with Gasteiger partial charge in [-0.1, -0.05) is 127 Å². The number of furan rings is 1. The molecule has 1 radical (unpaired) electrons. The molecule has 4 heterocycles. The molecule has 4 aromatic heterocycles. The van der Waals surface area contributed by atoms with Crippen LogP contribution in [0.3, 0.4) is 0 Å². The Balaban J connectivity index is 0.000000287. The molecule has 0 bridgehead atoms. The third kappa shape index (κ3) is 6.40. The van der Waals surface area contributed by atoms with Crippen LogP contribution in [0.15, 0.2) is 211 Å². The molecule has 5 nitrogen and oxygen atoms in total. The Hall–Kier alpha value is -7.37. The number of imidazole rings is 1. The number of hydrogen-bond donors (Lipinski definition) is 0. The first kappa shape index (κ1) is 36.9. The Morgan fingerprint density at radius 3 is 1.85 bits per heavy atom. The maximum Gasteiger partial charge on any atom is 0.121 e. The maximum atomic E-state index is 6.77. The van der Waals surface area contributed by atoms with Crippen molar-refractivity contribution in [2.75, 3.05) is 0 Å². The Morgan fingerprint density at radius 2 is 1.13 bits per heavy atom. The molecule has 0 unspecified atom stereocenters. The number of hydrogen-bond acceptors (Lipinski definition) is 3. The fourth-order valence-corrected chi connectivity index (χ4v) is 8.24. The van der Waals surface area contributed by atoms with Crippen molar-refractivity contribution in [3.8, 4) is 45.1 Å². The van der Waals surface area contributed by atoms with Crippen molar-refractivity contribution in [1.29, 1.82) is 0 Å². The zero-order valence-corrected chi connectivity index (χ0v) is 34.6. The molecule has 60 heavy (non-hydrogen) atoms. The fraction of sp³-hybridized carbons (Fsp3) is 0. The number of fused-ring (bicyclic) bond motifs is 7. The predicted molar refractivity (Wildman–Crippen MR) is 241 cm³/mol. The summed E-state index contributed by atoms with van der Waals surface area (Å²) in [5, 5.41) is 4.53. The van der Waals surface area contributed by atoms with Gasteiger partial charge in [0.05, 0.1) is 22.4 Å². The first-order chi connectivity index (χ1) is 29.3. The van der Waals surface area contributed by atoms with Crippen molar-refractivity contribution in [2.24, 2.45) is 0 Å². The monoisotopic (exact) mass is 947 g/mol.